The topological polar surface area (TPSA) is 79.4 Å². The summed E-state index contributed by atoms with van der Waals surface area (Å²) in [5.74, 6) is -0.772. The van der Waals surface area contributed by atoms with Gasteiger partial charge in [-0.15, -0.1) is 0 Å². The number of pyridine rings is 1. The zero-order chi connectivity index (χ0) is 20.1. The van der Waals surface area contributed by atoms with E-state index >= 15 is 0 Å². The second-order valence-electron chi connectivity index (χ2n) is 6.25. The molecule has 28 heavy (non-hydrogen) atoms. The highest BCUT2D eigenvalue weighted by Gasteiger charge is 2.16. The van der Waals surface area contributed by atoms with E-state index in [0.717, 1.165) is 5.69 Å². The summed E-state index contributed by atoms with van der Waals surface area (Å²) in [5, 5.41) is 2.72. The quantitative estimate of drug-likeness (QED) is 0.690. The van der Waals surface area contributed by atoms with Crippen molar-refractivity contribution in [3.8, 4) is 0 Å². The van der Waals surface area contributed by atoms with Crippen LogP contribution in [0, 0.1) is 0 Å². The summed E-state index contributed by atoms with van der Waals surface area (Å²) in [6.07, 6.45) is 2.82. The number of hydrogen-bond acceptors (Lipinski definition) is 4. The molecule has 0 saturated heterocycles. The van der Waals surface area contributed by atoms with Crippen LogP contribution in [0.2, 0.25) is 0 Å². The largest absolute Gasteiger partial charge is 0.322 e. The molecule has 0 unspecified atom stereocenters. The van der Waals surface area contributed by atoms with Crippen LogP contribution in [0.1, 0.15) is 38.0 Å². The smallest absolute Gasteiger partial charge is 0.259 e. The van der Waals surface area contributed by atoms with Crippen LogP contribution in [0.15, 0.2) is 73.1 Å². The Hall–Kier alpha value is -3.80. The second-order valence-corrected chi connectivity index (χ2v) is 6.25. The fourth-order valence-electron chi connectivity index (χ4n) is 2.66. The number of para-hydroxylation sites is 1. The Morgan fingerprint density at radius 2 is 1.57 bits per heavy atom. The van der Waals surface area contributed by atoms with Crippen LogP contribution in [-0.4, -0.2) is 29.6 Å². The normalized spacial score (nSPS) is 10.2. The number of carbonyl (C=O) groups excluding carboxylic acids is 3. The van der Waals surface area contributed by atoms with Gasteiger partial charge in [0.25, 0.3) is 11.8 Å². The molecule has 0 bridgehead atoms. The number of benzene rings is 2. The van der Waals surface area contributed by atoms with Gasteiger partial charge in [-0.2, -0.15) is 0 Å². The molecule has 0 aliphatic carbocycles. The van der Waals surface area contributed by atoms with Crippen LogP contribution in [0.25, 0.3) is 0 Å². The number of nitrogens with zero attached hydrogens (tertiary/aromatic N) is 2. The molecule has 0 radical (unpaired) electrons. The number of ketones is 1. The third kappa shape index (κ3) is 4.29. The second kappa shape index (κ2) is 8.26. The Morgan fingerprint density at radius 3 is 2.29 bits per heavy atom. The van der Waals surface area contributed by atoms with E-state index in [1.165, 1.54) is 30.3 Å². The third-order valence-electron chi connectivity index (χ3n) is 4.22. The molecule has 3 rings (SSSR count). The number of nitrogens with one attached hydrogen (secondary N) is 1. The van der Waals surface area contributed by atoms with E-state index in [1.807, 2.05) is 30.3 Å². The van der Waals surface area contributed by atoms with Gasteiger partial charge in [-0.1, -0.05) is 30.3 Å². The molecule has 6 heteroatoms. The Balaban J connectivity index is 1.79. The minimum absolute atomic E-state index is 0.0886. The van der Waals surface area contributed by atoms with Gasteiger partial charge in [0, 0.05) is 36.4 Å². The van der Waals surface area contributed by atoms with E-state index in [-0.39, 0.29) is 17.3 Å². The van der Waals surface area contributed by atoms with Crippen molar-refractivity contribution < 1.29 is 14.4 Å². The van der Waals surface area contributed by atoms with Gasteiger partial charge < -0.3 is 10.2 Å². The molecule has 0 aliphatic rings. The molecule has 0 fully saturated rings. The number of Topliss-reactive ketones (excluding diaryl/α,β-unsaturated/α-hetero) is 1. The number of amides is 2. The van der Waals surface area contributed by atoms with Gasteiger partial charge in [-0.25, -0.2) is 0 Å². The van der Waals surface area contributed by atoms with E-state index in [1.54, 1.807) is 31.3 Å². The lowest BCUT2D eigenvalue weighted by molar-refractivity contribution is 0.0989. The zero-order valence-corrected chi connectivity index (χ0v) is 15.5. The van der Waals surface area contributed by atoms with Crippen LogP contribution in [-0.2, 0) is 0 Å². The number of rotatable bonds is 5. The van der Waals surface area contributed by atoms with E-state index in [9.17, 15) is 14.4 Å². The predicted octanol–water partition coefficient (Wildman–Crippen LogP) is 3.81. The fraction of sp³-hybridized carbons (Fsp3) is 0.0909. The molecule has 0 spiro atoms. The van der Waals surface area contributed by atoms with Crippen molar-refractivity contribution >= 4 is 29.0 Å². The Labute approximate surface area is 162 Å². The first-order valence-corrected chi connectivity index (χ1v) is 8.66. The molecule has 1 heterocycles. The van der Waals surface area contributed by atoms with Crippen molar-refractivity contribution in [1.82, 2.24) is 4.98 Å². The standard InChI is InChI=1S/C22H19N3O3/c1-15(26)16-7-6-8-19(12-16)24-21(27)17-11-18(14-23-13-17)22(28)25(2)20-9-4-3-5-10-20/h3-14H,1-2H3,(H,24,27). The van der Waals surface area contributed by atoms with E-state index in [0.29, 0.717) is 16.8 Å². The summed E-state index contributed by atoms with van der Waals surface area (Å²) in [4.78, 5) is 42.3. The highest BCUT2D eigenvalue weighted by molar-refractivity contribution is 6.09. The van der Waals surface area contributed by atoms with Gasteiger partial charge in [0.05, 0.1) is 11.1 Å². The molecule has 140 valence electrons. The molecule has 3 aromatic rings. The Kier molecular flexibility index (Phi) is 5.60. The summed E-state index contributed by atoms with van der Waals surface area (Å²) in [7, 11) is 1.66. The van der Waals surface area contributed by atoms with Crippen molar-refractivity contribution in [1.29, 1.82) is 0 Å². The molecule has 1 N–H and O–H groups in total. The lowest BCUT2D eigenvalue weighted by atomic mass is 10.1. The van der Waals surface area contributed by atoms with Crippen LogP contribution in [0.4, 0.5) is 11.4 Å². The van der Waals surface area contributed by atoms with Gasteiger partial charge in [0.2, 0.25) is 0 Å². The van der Waals surface area contributed by atoms with Gasteiger partial charge in [-0.3, -0.25) is 19.4 Å². The Bertz CT molecular complexity index is 1030. The minimum atomic E-state index is -0.412. The molecule has 0 aliphatic heterocycles. The van der Waals surface area contributed by atoms with Crippen LogP contribution in [0.3, 0.4) is 0 Å². The zero-order valence-electron chi connectivity index (χ0n) is 15.5. The highest BCUT2D eigenvalue weighted by atomic mass is 16.2. The average molecular weight is 373 g/mol. The van der Waals surface area contributed by atoms with Gasteiger partial charge >= 0.3 is 0 Å². The molecule has 0 saturated carbocycles. The number of carbonyl (C=O) groups is 3. The maximum absolute atomic E-state index is 12.7. The van der Waals surface area contributed by atoms with Crippen molar-refractivity contribution in [2.45, 2.75) is 6.92 Å². The first-order valence-electron chi connectivity index (χ1n) is 8.66. The summed E-state index contributed by atoms with van der Waals surface area (Å²) >= 11 is 0. The molecule has 2 aromatic carbocycles. The molecule has 0 atom stereocenters. The highest BCUT2D eigenvalue weighted by Crippen LogP contribution is 2.16. The third-order valence-corrected chi connectivity index (χ3v) is 4.22. The first kappa shape index (κ1) is 19.0. The summed E-state index contributed by atoms with van der Waals surface area (Å²) in [6, 6.07) is 17.4. The minimum Gasteiger partial charge on any atom is -0.322 e. The van der Waals surface area contributed by atoms with Gasteiger partial charge in [0.1, 0.15) is 0 Å². The lowest BCUT2D eigenvalue weighted by Gasteiger charge is -2.17. The maximum Gasteiger partial charge on any atom is 0.259 e. The van der Waals surface area contributed by atoms with E-state index in [2.05, 4.69) is 10.3 Å². The van der Waals surface area contributed by atoms with Crippen molar-refractivity contribution in [2.75, 3.05) is 17.3 Å². The fourth-order valence-corrected chi connectivity index (χ4v) is 2.66. The molecular weight excluding hydrogens is 354 g/mol. The first-order chi connectivity index (χ1) is 13.5. The number of hydrogen-bond donors (Lipinski definition) is 1. The molecule has 2 amide bonds. The van der Waals surface area contributed by atoms with Crippen LogP contribution in [0.5, 0.6) is 0 Å². The van der Waals surface area contributed by atoms with Gasteiger partial charge in [-0.05, 0) is 37.3 Å². The van der Waals surface area contributed by atoms with E-state index < -0.39 is 5.91 Å². The van der Waals surface area contributed by atoms with Gasteiger partial charge in [0.15, 0.2) is 5.78 Å². The molecule has 6 nitrogen and oxygen atoms in total. The average Bonchev–Trinajstić information content (AvgIpc) is 2.73. The molecular formula is C22H19N3O3. The maximum atomic E-state index is 12.7. The Morgan fingerprint density at radius 1 is 0.857 bits per heavy atom. The van der Waals surface area contributed by atoms with Crippen molar-refractivity contribution in [3.05, 3.63) is 89.7 Å². The van der Waals surface area contributed by atoms with Crippen molar-refractivity contribution in [3.63, 3.8) is 0 Å². The van der Waals surface area contributed by atoms with Crippen molar-refractivity contribution in [2.24, 2.45) is 0 Å². The number of anilines is 2. The predicted molar refractivity (Wildman–Crippen MR) is 108 cm³/mol. The van der Waals surface area contributed by atoms with E-state index in [4.69, 9.17) is 0 Å². The lowest BCUT2D eigenvalue weighted by Crippen LogP contribution is -2.26. The van der Waals surface area contributed by atoms with Crippen LogP contribution >= 0.6 is 0 Å². The summed E-state index contributed by atoms with van der Waals surface area (Å²) in [5.41, 5.74) is 2.29. The SMILES string of the molecule is CC(=O)c1cccc(NC(=O)c2cncc(C(=O)N(C)c3ccccc3)c2)c1. The summed E-state index contributed by atoms with van der Waals surface area (Å²) < 4.78 is 0. The number of aromatic nitrogens is 1. The summed E-state index contributed by atoms with van der Waals surface area (Å²) in [6.45, 7) is 1.46. The molecule has 1 aromatic heterocycles. The van der Waals surface area contributed by atoms with Crippen LogP contribution < -0.4 is 10.2 Å². The monoisotopic (exact) mass is 373 g/mol.